The molecule has 0 atom stereocenters. The number of halogens is 1. The molecule has 0 radical (unpaired) electrons. The second-order valence-corrected chi connectivity index (χ2v) is 6.72. The van der Waals surface area contributed by atoms with Crippen molar-refractivity contribution >= 4 is 15.9 Å². The molecule has 0 spiro atoms. The Morgan fingerprint density at radius 2 is 2.20 bits per heavy atom. The van der Waals surface area contributed by atoms with E-state index in [1.54, 1.807) is 11.7 Å². The van der Waals surface area contributed by atoms with Gasteiger partial charge in [0.25, 0.3) is 5.91 Å². The van der Waals surface area contributed by atoms with E-state index in [4.69, 9.17) is 9.88 Å². The summed E-state index contributed by atoms with van der Waals surface area (Å²) in [5.41, 5.74) is -0.419. The number of nitrogens with zero attached hydrogens (tertiary/aromatic N) is 3. The molecule has 0 aliphatic rings. The third kappa shape index (κ3) is 5.05. The van der Waals surface area contributed by atoms with Gasteiger partial charge in [-0.15, -0.1) is 10.2 Å². The van der Waals surface area contributed by atoms with Crippen molar-refractivity contribution in [1.29, 1.82) is 0 Å². The molecule has 1 aromatic heterocycles. The van der Waals surface area contributed by atoms with Crippen LogP contribution in [-0.4, -0.2) is 42.8 Å². The first-order valence-corrected chi connectivity index (χ1v) is 8.83. The van der Waals surface area contributed by atoms with Gasteiger partial charge in [-0.3, -0.25) is 4.79 Å². The van der Waals surface area contributed by atoms with E-state index in [-0.39, 0.29) is 11.4 Å². The van der Waals surface area contributed by atoms with E-state index in [1.807, 2.05) is 0 Å². The number of aromatic nitrogens is 3. The number of hydrogen-bond donors (Lipinski definition) is 2. The van der Waals surface area contributed by atoms with Crippen LogP contribution in [0.2, 0.25) is 0 Å². The molecule has 1 aromatic carbocycles. The van der Waals surface area contributed by atoms with E-state index in [9.17, 15) is 17.6 Å². The minimum Gasteiger partial charge on any atom is -0.385 e. The second kappa shape index (κ2) is 8.14. The molecule has 2 rings (SSSR count). The zero-order chi connectivity index (χ0) is 18.4. The molecular weight excluding hydrogens is 353 g/mol. The number of amides is 1. The molecule has 3 N–H and O–H groups in total. The number of rotatable bonds is 8. The van der Waals surface area contributed by atoms with E-state index >= 15 is 0 Å². The van der Waals surface area contributed by atoms with Gasteiger partial charge in [0.15, 0.2) is 5.82 Å². The molecule has 9 nitrogen and oxygen atoms in total. The Hall–Kier alpha value is -2.37. The lowest BCUT2D eigenvalue weighted by molar-refractivity contribution is 0.0945. The molecule has 0 aliphatic heterocycles. The van der Waals surface area contributed by atoms with E-state index in [0.717, 1.165) is 24.6 Å². The summed E-state index contributed by atoms with van der Waals surface area (Å²) in [6.45, 7) is 1.17. The highest BCUT2D eigenvalue weighted by Crippen LogP contribution is 2.14. The van der Waals surface area contributed by atoms with Crippen molar-refractivity contribution in [1.82, 2.24) is 20.1 Å². The first kappa shape index (κ1) is 19.0. The van der Waals surface area contributed by atoms with E-state index < -0.39 is 27.3 Å². The van der Waals surface area contributed by atoms with Gasteiger partial charge >= 0.3 is 0 Å². The summed E-state index contributed by atoms with van der Waals surface area (Å²) in [4.78, 5) is 11.8. The number of sulfonamides is 1. The molecule has 0 saturated heterocycles. The van der Waals surface area contributed by atoms with Crippen molar-refractivity contribution in [3.63, 3.8) is 0 Å². The average Bonchev–Trinajstić information content (AvgIpc) is 2.99. The maximum atomic E-state index is 13.8. The quantitative estimate of drug-likeness (QED) is 0.630. The molecule has 0 saturated carbocycles. The number of carbonyl (C=O) groups excluding carboxylic acids is 1. The number of aryl methyl sites for hydroxylation is 1. The molecule has 0 bridgehead atoms. The molecule has 0 fully saturated rings. The Kier molecular flexibility index (Phi) is 6.17. The van der Waals surface area contributed by atoms with Crippen LogP contribution in [0.25, 0.3) is 0 Å². The number of nitrogens with one attached hydrogen (secondary N) is 1. The summed E-state index contributed by atoms with van der Waals surface area (Å²) in [5.74, 6) is -1.16. The fourth-order valence-corrected chi connectivity index (χ4v) is 2.63. The highest BCUT2D eigenvalue weighted by atomic mass is 32.2. The van der Waals surface area contributed by atoms with E-state index in [2.05, 4.69) is 15.5 Å². The fraction of sp³-hybridized carbons (Fsp3) is 0.357. The topological polar surface area (TPSA) is 129 Å². The molecule has 136 valence electrons. The molecular formula is C14H18FN5O4S. The lowest BCUT2D eigenvalue weighted by atomic mass is 10.2. The number of ether oxygens (including phenoxy) is 1. The molecule has 25 heavy (non-hydrogen) atoms. The van der Waals surface area contributed by atoms with Crippen molar-refractivity contribution in [2.75, 3.05) is 13.7 Å². The summed E-state index contributed by atoms with van der Waals surface area (Å²) in [5, 5.41) is 15.1. The Balaban J connectivity index is 2.07. The third-order valence-electron chi connectivity index (χ3n) is 3.36. The number of nitrogens with two attached hydrogens (primary N) is 1. The maximum Gasteiger partial charge on any atom is 0.254 e. The zero-order valence-corrected chi connectivity index (χ0v) is 14.3. The van der Waals surface area contributed by atoms with Crippen LogP contribution in [-0.2, 0) is 27.8 Å². The standard InChI is InChI=1S/C14H18FN5O4S/c1-24-6-2-5-20-9-18-19-13(20)8-17-14(21)11-7-10(25(16,22)23)3-4-12(11)15/h3-4,7,9H,2,5-6,8H2,1H3,(H,17,21)(H2,16,22,23). The molecule has 11 heteroatoms. The summed E-state index contributed by atoms with van der Waals surface area (Å²) < 4.78 is 43.2. The van der Waals surface area contributed by atoms with Crippen LogP contribution in [0, 0.1) is 5.82 Å². The van der Waals surface area contributed by atoms with Crippen LogP contribution in [0.3, 0.4) is 0 Å². The van der Waals surface area contributed by atoms with Crippen molar-refractivity contribution in [2.45, 2.75) is 24.4 Å². The third-order valence-corrected chi connectivity index (χ3v) is 4.27. The Bertz CT molecular complexity index is 853. The minimum atomic E-state index is -4.04. The average molecular weight is 371 g/mol. The van der Waals surface area contributed by atoms with Crippen molar-refractivity contribution in [3.8, 4) is 0 Å². The normalized spacial score (nSPS) is 11.5. The van der Waals surface area contributed by atoms with Gasteiger partial charge in [0.1, 0.15) is 12.1 Å². The lowest BCUT2D eigenvalue weighted by Gasteiger charge is -2.09. The van der Waals surface area contributed by atoms with Crippen molar-refractivity contribution in [2.24, 2.45) is 5.14 Å². The summed E-state index contributed by atoms with van der Waals surface area (Å²) in [6.07, 6.45) is 2.25. The Morgan fingerprint density at radius 3 is 2.88 bits per heavy atom. The molecule has 1 heterocycles. The van der Waals surface area contributed by atoms with Gasteiger partial charge in [0, 0.05) is 20.3 Å². The SMILES string of the molecule is COCCCn1cnnc1CNC(=O)c1cc(S(N)(=O)=O)ccc1F. The van der Waals surface area contributed by atoms with Crippen LogP contribution in [0.15, 0.2) is 29.4 Å². The number of hydrogen-bond acceptors (Lipinski definition) is 6. The highest BCUT2D eigenvalue weighted by molar-refractivity contribution is 7.89. The number of carbonyl (C=O) groups is 1. The van der Waals surface area contributed by atoms with Gasteiger partial charge in [-0.25, -0.2) is 17.9 Å². The molecule has 1 amide bonds. The van der Waals surface area contributed by atoms with Gasteiger partial charge < -0.3 is 14.6 Å². The predicted molar refractivity (Wildman–Crippen MR) is 85.5 cm³/mol. The number of primary sulfonamides is 1. The predicted octanol–water partition coefficient (Wildman–Crippen LogP) is 0.0311. The van der Waals surface area contributed by atoms with Crippen LogP contribution >= 0.6 is 0 Å². The first-order valence-electron chi connectivity index (χ1n) is 7.29. The Morgan fingerprint density at radius 1 is 1.44 bits per heavy atom. The van der Waals surface area contributed by atoms with Crippen molar-refractivity contribution < 1.29 is 22.3 Å². The molecule has 2 aromatic rings. The highest BCUT2D eigenvalue weighted by Gasteiger charge is 2.17. The lowest BCUT2D eigenvalue weighted by Crippen LogP contribution is -2.26. The first-order chi connectivity index (χ1) is 11.8. The van der Waals surface area contributed by atoms with Gasteiger partial charge in [-0.2, -0.15) is 0 Å². The fourth-order valence-electron chi connectivity index (χ4n) is 2.09. The van der Waals surface area contributed by atoms with Crippen LogP contribution in [0.4, 0.5) is 4.39 Å². The summed E-state index contributed by atoms with van der Waals surface area (Å²) in [6, 6.07) is 2.76. The Labute approximate surface area is 144 Å². The van der Waals surface area contributed by atoms with Gasteiger partial charge in [0.05, 0.1) is 17.0 Å². The maximum absolute atomic E-state index is 13.8. The molecule has 0 unspecified atom stereocenters. The largest absolute Gasteiger partial charge is 0.385 e. The molecule has 0 aliphatic carbocycles. The van der Waals surface area contributed by atoms with Gasteiger partial charge in [-0.1, -0.05) is 0 Å². The van der Waals surface area contributed by atoms with Gasteiger partial charge in [0.2, 0.25) is 10.0 Å². The van der Waals surface area contributed by atoms with E-state index in [0.29, 0.717) is 19.0 Å². The van der Waals surface area contributed by atoms with Crippen LogP contribution in [0.5, 0.6) is 0 Å². The summed E-state index contributed by atoms with van der Waals surface area (Å²) >= 11 is 0. The van der Waals surface area contributed by atoms with E-state index in [1.165, 1.54) is 6.33 Å². The number of methoxy groups -OCH3 is 1. The van der Waals surface area contributed by atoms with Crippen molar-refractivity contribution in [3.05, 3.63) is 41.7 Å². The van der Waals surface area contributed by atoms with Crippen LogP contribution in [0.1, 0.15) is 22.6 Å². The summed E-state index contributed by atoms with van der Waals surface area (Å²) in [7, 11) is -2.44. The van der Waals surface area contributed by atoms with Crippen LogP contribution < -0.4 is 10.5 Å². The smallest absolute Gasteiger partial charge is 0.254 e. The minimum absolute atomic E-state index is 0.00482. The second-order valence-electron chi connectivity index (χ2n) is 5.16. The van der Waals surface area contributed by atoms with Gasteiger partial charge in [-0.05, 0) is 24.6 Å². The zero-order valence-electron chi connectivity index (χ0n) is 13.5. The monoisotopic (exact) mass is 371 g/mol. The number of benzene rings is 1.